The highest BCUT2D eigenvalue weighted by Crippen LogP contribution is 2.39. The monoisotopic (exact) mass is 316 g/mol. The molecule has 0 saturated heterocycles. The molecule has 2 atom stereocenters. The van der Waals surface area contributed by atoms with Crippen LogP contribution < -0.4 is 10.2 Å². The maximum Gasteiger partial charge on any atom is 0.326 e. The fourth-order valence-electron chi connectivity index (χ4n) is 2.26. The lowest BCUT2D eigenvalue weighted by molar-refractivity contribution is -0.140. The molecule has 2 unspecified atom stereocenters. The molecular formula is C13H14Cl2N2O3. The Morgan fingerprint density at radius 2 is 2.05 bits per heavy atom. The van der Waals surface area contributed by atoms with Gasteiger partial charge in [-0.25, -0.2) is 4.79 Å². The third-order valence-electron chi connectivity index (χ3n) is 3.26. The van der Waals surface area contributed by atoms with Crippen LogP contribution in [0.15, 0.2) is 12.1 Å². The van der Waals surface area contributed by atoms with Gasteiger partial charge in [0.15, 0.2) is 0 Å². The quantitative estimate of drug-likeness (QED) is 0.899. The first-order valence-corrected chi connectivity index (χ1v) is 6.93. The molecule has 20 heavy (non-hydrogen) atoms. The summed E-state index contributed by atoms with van der Waals surface area (Å²) in [5.74, 6) is -1.35. The number of hydrogen-bond acceptors (Lipinski definition) is 3. The molecule has 1 aliphatic rings. The first-order chi connectivity index (χ1) is 9.36. The molecular weight excluding hydrogens is 303 g/mol. The van der Waals surface area contributed by atoms with Crippen LogP contribution in [-0.4, -0.2) is 29.1 Å². The third-order valence-corrected chi connectivity index (χ3v) is 3.98. The number of nitrogens with one attached hydrogen (secondary N) is 1. The van der Waals surface area contributed by atoms with E-state index in [9.17, 15) is 14.7 Å². The number of hydrogen-bond donors (Lipinski definition) is 2. The molecule has 1 amide bonds. The number of carbonyl (C=O) groups is 2. The Morgan fingerprint density at radius 1 is 1.45 bits per heavy atom. The highest BCUT2D eigenvalue weighted by atomic mass is 35.5. The predicted molar refractivity (Wildman–Crippen MR) is 78.7 cm³/mol. The summed E-state index contributed by atoms with van der Waals surface area (Å²) in [6, 6.07) is 1.67. The summed E-state index contributed by atoms with van der Waals surface area (Å²) >= 11 is 11.9. The minimum absolute atomic E-state index is 0.278. The van der Waals surface area contributed by atoms with E-state index in [1.165, 1.54) is 11.0 Å². The molecule has 1 aromatic carbocycles. The second-order valence-electron chi connectivity index (χ2n) is 4.62. The fourth-order valence-corrected chi connectivity index (χ4v) is 2.58. The van der Waals surface area contributed by atoms with Crippen LogP contribution in [0.3, 0.4) is 0 Å². The van der Waals surface area contributed by atoms with Gasteiger partial charge < -0.3 is 10.4 Å². The van der Waals surface area contributed by atoms with Crippen molar-refractivity contribution in [2.75, 3.05) is 10.2 Å². The Balaban J connectivity index is 2.59. The van der Waals surface area contributed by atoms with Crippen LogP contribution in [-0.2, 0) is 9.59 Å². The van der Waals surface area contributed by atoms with E-state index in [0.717, 1.165) is 0 Å². The van der Waals surface area contributed by atoms with Crippen LogP contribution in [0, 0.1) is 0 Å². The van der Waals surface area contributed by atoms with E-state index in [1.54, 1.807) is 19.9 Å². The smallest absolute Gasteiger partial charge is 0.326 e. The summed E-state index contributed by atoms with van der Waals surface area (Å²) in [4.78, 5) is 25.0. The van der Waals surface area contributed by atoms with Gasteiger partial charge in [-0.05, 0) is 25.5 Å². The van der Waals surface area contributed by atoms with Gasteiger partial charge >= 0.3 is 5.97 Å². The van der Waals surface area contributed by atoms with Gasteiger partial charge in [0.2, 0.25) is 5.91 Å². The second-order valence-corrected chi connectivity index (χ2v) is 5.43. The highest BCUT2D eigenvalue weighted by Gasteiger charge is 2.37. The van der Waals surface area contributed by atoms with Crippen molar-refractivity contribution in [2.24, 2.45) is 0 Å². The number of anilines is 2. The fraction of sp³-hybridized carbons (Fsp3) is 0.385. The van der Waals surface area contributed by atoms with Crippen molar-refractivity contribution in [3.8, 4) is 0 Å². The van der Waals surface area contributed by atoms with Crippen molar-refractivity contribution >= 4 is 46.5 Å². The zero-order chi connectivity index (χ0) is 15.0. The van der Waals surface area contributed by atoms with Gasteiger partial charge in [-0.1, -0.05) is 30.1 Å². The molecule has 2 rings (SSSR count). The molecule has 1 aliphatic heterocycles. The lowest BCUT2D eigenvalue weighted by atomic mass is 10.1. The van der Waals surface area contributed by atoms with Crippen molar-refractivity contribution < 1.29 is 14.7 Å². The molecule has 0 aromatic heterocycles. The number of carbonyl (C=O) groups excluding carboxylic acids is 1. The van der Waals surface area contributed by atoms with Gasteiger partial charge in [0, 0.05) is 0 Å². The van der Waals surface area contributed by atoms with E-state index >= 15 is 0 Å². The zero-order valence-corrected chi connectivity index (χ0v) is 12.5. The minimum Gasteiger partial charge on any atom is -0.480 e. The first-order valence-electron chi connectivity index (χ1n) is 6.18. The van der Waals surface area contributed by atoms with Crippen molar-refractivity contribution in [1.29, 1.82) is 0 Å². The average molecular weight is 317 g/mol. The van der Waals surface area contributed by atoms with Crippen molar-refractivity contribution in [2.45, 2.75) is 32.4 Å². The van der Waals surface area contributed by atoms with Crippen LogP contribution in [0.1, 0.15) is 20.3 Å². The molecule has 0 spiro atoms. The molecule has 5 nitrogen and oxygen atoms in total. The Kier molecular flexibility index (Phi) is 4.11. The minimum atomic E-state index is -1.05. The van der Waals surface area contributed by atoms with Crippen LogP contribution in [0.25, 0.3) is 0 Å². The van der Waals surface area contributed by atoms with Crippen LogP contribution in [0.5, 0.6) is 0 Å². The predicted octanol–water partition coefficient (Wildman–Crippen LogP) is 3.00. The van der Waals surface area contributed by atoms with Crippen molar-refractivity contribution in [1.82, 2.24) is 0 Å². The molecule has 0 saturated carbocycles. The SMILES string of the molecule is CCC(C(=O)O)N1C(=O)C(C)Nc2cc(Cl)c(Cl)cc21. The Morgan fingerprint density at radius 3 is 2.60 bits per heavy atom. The van der Waals surface area contributed by atoms with E-state index in [2.05, 4.69) is 5.32 Å². The van der Waals surface area contributed by atoms with Crippen molar-refractivity contribution in [3.05, 3.63) is 22.2 Å². The summed E-state index contributed by atoms with van der Waals surface area (Å²) in [6.07, 6.45) is 0.299. The lowest BCUT2D eigenvalue weighted by Crippen LogP contribution is -2.53. The molecule has 0 bridgehead atoms. The van der Waals surface area contributed by atoms with E-state index in [4.69, 9.17) is 23.2 Å². The molecule has 1 aromatic rings. The number of carboxylic acids is 1. The Hall–Kier alpha value is -1.46. The summed E-state index contributed by atoms with van der Waals surface area (Å²) in [5, 5.41) is 12.9. The van der Waals surface area contributed by atoms with Gasteiger partial charge in [-0.3, -0.25) is 9.69 Å². The number of nitrogens with zero attached hydrogens (tertiary/aromatic N) is 1. The molecule has 0 aliphatic carbocycles. The van der Waals surface area contributed by atoms with Gasteiger partial charge in [0.1, 0.15) is 12.1 Å². The van der Waals surface area contributed by atoms with E-state index in [0.29, 0.717) is 22.8 Å². The van der Waals surface area contributed by atoms with Gasteiger partial charge in [0.25, 0.3) is 0 Å². The Bertz CT molecular complexity index is 577. The topological polar surface area (TPSA) is 69.6 Å². The molecule has 7 heteroatoms. The molecule has 108 valence electrons. The van der Waals surface area contributed by atoms with Crippen LogP contribution in [0.2, 0.25) is 10.0 Å². The van der Waals surface area contributed by atoms with Gasteiger partial charge in [-0.15, -0.1) is 0 Å². The van der Waals surface area contributed by atoms with Crippen LogP contribution in [0.4, 0.5) is 11.4 Å². The third kappa shape index (κ3) is 2.43. The summed E-state index contributed by atoms with van der Waals surface area (Å²) in [6.45, 7) is 3.39. The molecule has 1 heterocycles. The average Bonchev–Trinajstić information content (AvgIpc) is 2.37. The number of amides is 1. The van der Waals surface area contributed by atoms with Gasteiger partial charge in [0.05, 0.1) is 21.4 Å². The lowest BCUT2D eigenvalue weighted by Gasteiger charge is -2.37. The highest BCUT2D eigenvalue weighted by molar-refractivity contribution is 6.42. The molecule has 0 fully saturated rings. The Labute approximate surface area is 126 Å². The van der Waals surface area contributed by atoms with E-state index < -0.39 is 18.1 Å². The number of fused-ring (bicyclic) bond motifs is 1. The van der Waals surface area contributed by atoms with Crippen molar-refractivity contribution in [3.63, 3.8) is 0 Å². The number of halogens is 2. The normalized spacial score (nSPS) is 19.3. The summed E-state index contributed by atoms with van der Waals surface area (Å²) in [5.41, 5.74) is 1.04. The number of carboxylic acid groups (broad SMARTS) is 1. The number of rotatable bonds is 3. The second kappa shape index (κ2) is 5.50. The number of benzene rings is 1. The summed E-state index contributed by atoms with van der Waals surface area (Å²) < 4.78 is 0. The van der Waals surface area contributed by atoms with Crippen LogP contribution >= 0.6 is 23.2 Å². The maximum atomic E-state index is 12.3. The molecule has 2 N–H and O–H groups in total. The number of aliphatic carboxylic acids is 1. The first kappa shape index (κ1) is 14.9. The standard InChI is InChI=1S/C13H14Cl2N2O3/c1-3-10(13(19)20)17-11-5-8(15)7(14)4-9(11)16-6(2)12(17)18/h4-6,10,16H,3H2,1-2H3,(H,19,20). The van der Waals surface area contributed by atoms with E-state index in [-0.39, 0.29) is 10.9 Å². The largest absolute Gasteiger partial charge is 0.480 e. The van der Waals surface area contributed by atoms with E-state index in [1.807, 2.05) is 0 Å². The summed E-state index contributed by atoms with van der Waals surface area (Å²) in [7, 11) is 0. The molecule has 0 radical (unpaired) electrons. The zero-order valence-electron chi connectivity index (χ0n) is 11.0. The maximum absolute atomic E-state index is 12.3. The van der Waals surface area contributed by atoms with Gasteiger partial charge in [-0.2, -0.15) is 0 Å².